The molecule has 0 bridgehead atoms. The van der Waals surface area contributed by atoms with E-state index in [1.807, 2.05) is 55.5 Å². The van der Waals surface area contributed by atoms with E-state index in [0.29, 0.717) is 38.3 Å². The van der Waals surface area contributed by atoms with Gasteiger partial charge in [0.15, 0.2) is 4.80 Å². The van der Waals surface area contributed by atoms with E-state index in [-0.39, 0.29) is 12.2 Å². The first kappa shape index (κ1) is 26.2. The molecule has 4 rings (SSSR count). The molecule has 0 spiro atoms. The lowest BCUT2D eigenvalue weighted by atomic mass is 9.93. The third kappa shape index (κ3) is 4.99. The average Bonchev–Trinajstić information content (AvgIpc) is 3.18. The molecule has 0 fully saturated rings. The summed E-state index contributed by atoms with van der Waals surface area (Å²) in [6.07, 6.45) is 3.22. The molecule has 1 atom stereocenters. The summed E-state index contributed by atoms with van der Waals surface area (Å²) in [5.41, 5.74) is 2.37. The molecule has 0 aliphatic carbocycles. The summed E-state index contributed by atoms with van der Waals surface area (Å²) in [6.45, 7) is 4.02. The van der Waals surface area contributed by atoms with Gasteiger partial charge >= 0.3 is 5.97 Å². The number of nitrogens with zero attached hydrogens (tertiary/aromatic N) is 2. The van der Waals surface area contributed by atoms with Crippen LogP contribution in [0.15, 0.2) is 63.5 Å². The topological polar surface area (TPSA) is 79.1 Å². The Morgan fingerprint density at radius 1 is 1.14 bits per heavy atom. The molecule has 3 aromatic rings. The third-order valence-electron chi connectivity index (χ3n) is 5.80. The minimum absolute atomic E-state index is 0.223. The smallest absolute Gasteiger partial charge is 0.338 e. The number of hydrogen-bond acceptors (Lipinski definition) is 7. The zero-order valence-electron chi connectivity index (χ0n) is 20.5. The van der Waals surface area contributed by atoms with Gasteiger partial charge in [-0.3, -0.25) is 9.36 Å². The number of benzene rings is 2. The van der Waals surface area contributed by atoms with Crippen LogP contribution in [0.2, 0.25) is 0 Å². The third-order valence-corrected chi connectivity index (χ3v) is 7.63. The number of methoxy groups -OCH3 is 2. The summed E-state index contributed by atoms with van der Waals surface area (Å²) in [6, 6.07) is 12.5. The van der Waals surface area contributed by atoms with E-state index in [4.69, 9.17) is 19.2 Å². The van der Waals surface area contributed by atoms with Gasteiger partial charge in [0.2, 0.25) is 0 Å². The van der Waals surface area contributed by atoms with Gasteiger partial charge in [0.25, 0.3) is 5.56 Å². The lowest BCUT2D eigenvalue weighted by Crippen LogP contribution is -2.40. The molecular weight excluding hydrogens is 591 g/mol. The fourth-order valence-electron chi connectivity index (χ4n) is 4.23. The summed E-state index contributed by atoms with van der Waals surface area (Å²) >= 11 is 3.52. The molecule has 2 aromatic carbocycles. The Balaban J connectivity index is 2.00. The van der Waals surface area contributed by atoms with Crippen molar-refractivity contribution in [3.8, 4) is 11.5 Å². The molecule has 7 nitrogen and oxygen atoms in total. The number of hydrogen-bond donors (Lipinski definition) is 0. The van der Waals surface area contributed by atoms with E-state index in [1.54, 1.807) is 25.7 Å². The molecule has 0 radical (unpaired) electrons. The summed E-state index contributed by atoms with van der Waals surface area (Å²) in [5, 5.41) is 0. The van der Waals surface area contributed by atoms with Crippen molar-refractivity contribution in [3.63, 3.8) is 0 Å². The molecule has 0 saturated carbocycles. The second-order valence-electron chi connectivity index (χ2n) is 8.05. The van der Waals surface area contributed by atoms with Gasteiger partial charge in [-0.15, -0.1) is 0 Å². The van der Waals surface area contributed by atoms with E-state index in [9.17, 15) is 9.59 Å². The number of rotatable bonds is 8. The number of halogens is 1. The minimum atomic E-state index is -0.712. The fourth-order valence-corrected chi connectivity index (χ4v) is 6.01. The molecule has 0 amide bonds. The van der Waals surface area contributed by atoms with Gasteiger partial charge in [0.1, 0.15) is 17.5 Å². The Labute approximate surface area is 226 Å². The number of aromatic nitrogens is 1. The van der Waals surface area contributed by atoms with Crippen LogP contribution in [0.3, 0.4) is 0 Å². The first-order valence-electron chi connectivity index (χ1n) is 11.6. The van der Waals surface area contributed by atoms with Crippen LogP contribution in [-0.4, -0.2) is 31.4 Å². The molecule has 1 aromatic heterocycles. The van der Waals surface area contributed by atoms with Gasteiger partial charge < -0.3 is 14.2 Å². The number of carbonyl (C=O) groups is 1. The highest BCUT2D eigenvalue weighted by Crippen LogP contribution is 2.36. The highest BCUT2D eigenvalue weighted by molar-refractivity contribution is 14.1. The molecule has 1 aliphatic heterocycles. The number of thiazole rings is 1. The van der Waals surface area contributed by atoms with Gasteiger partial charge in [-0.05, 0) is 65.8 Å². The SMILES string of the molecule is CCCC1=C(C(=O)OCC)C(c2ccccc2OC)n2c(s/c(=C\c3ccc(OC)c(I)c3)c2=O)=N1. The van der Waals surface area contributed by atoms with Crippen molar-refractivity contribution in [2.45, 2.75) is 32.7 Å². The number of esters is 1. The second-order valence-corrected chi connectivity index (χ2v) is 10.2. The maximum absolute atomic E-state index is 13.8. The number of allylic oxidation sites excluding steroid dienone is 1. The Hall–Kier alpha value is -2.92. The Morgan fingerprint density at radius 2 is 1.89 bits per heavy atom. The summed E-state index contributed by atoms with van der Waals surface area (Å²) in [5.74, 6) is 0.884. The fraction of sp³-hybridized carbons (Fsp3) is 0.296. The first-order valence-corrected chi connectivity index (χ1v) is 13.5. The summed E-state index contributed by atoms with van der Waals surface area (Å²) in [7, 11) is 3.21. The molecule has 188 valence electrons. The number of carbonyl (C=O) groups excluding carboxylic acids is 1. The van der Waals surface area contributed by atoms with Crippen LogP contribution < -0.4 is 24.4 Å². The summed E-state index contributed by atoms with van der Waals surface area (Å²) in [4.78, 5) is 32.5. The molecule has 2 heterocycles. The second kappa shape index (κ2) is 11.4. The van der Waals surface area contributed by atoms with Gasteiger partial charge in [-0.25, -0.2) is 9.79 Å². The lowest BCUT2D eigenvalue weighted by Gasteiger charge is -2.26. The van der Waals surface area contributed by atoms with E-state index < -0.39 is 12.0 Å². The molecule has 0 saturated heterocycles. The highest BCUT2D eigenvalue weighted by atomic mass is 127. The van der Waals surface area contributed by atoms with Gasteiger partial charge in [0, 0.05) is 5.56 Å². The van der Waals surface area contributed by atoms with E-state index in [2.05, 4.69) is 22.6 Å². The number of ether oxygens (including phenoxy) is 3. The predicted molar refractivity (Wildman–Crippen MR) is 148 cm³/mol. The Bertz CT molecular complexity index is 1510. The maximum atomic E-state index is 13.8. The van der Waals surface area contributed by atoms with E-state index >= 15 is 0 Å². The first-order chi connectivity index (χ1) is 17.4. The number of para-hydroxylation sites is 1. The molecular formula is C27H27IN2O5S. The van der Waals surface area contributed by atoms with Crippen molar-refractivity contribution in [1.82, 2.24) is 4.57 Å². The van der Waals surface area contributed by atoms with Gasteiger partial charge in [-0.1, -0.05) is 48.9 Å². The van der Waals surface area contributed by atoms with Crippen molar-refractivity contribution in [1.29, 1.82) is 0 Å². The van der Waals surface area contributed by atoms with Gasteiger partial charge in [0.05, 0.1) is 40.2 Å². The van der Waals surface area contributed by atoms with E-state index in [1.165, 1.54) is 11.3 Å². The van der Waals surface area contributed by atoms with E-state index in [0.717, 1.165) is 21.3 Å². The Kier molecular flexibility index (Phi) is 8.30. The van der Waals surface area contributed by atoms with Crippen molar-refractivity contribution in [2.24, 2.45) is 4.99 Å². The molecule has 36 heavy (non-hydrogen) atoms. The van der Waals surface area contributed by atoms with Crippen LogP contribution in [0.4, 0.5) is 0 Å². The zero-order chi connectivity index (χ0) is 25.8. The monoisotopic (exact) mass is 618 g/mol. The maximum Gasteiger partial charge on any atom is 0.338 e. The normalized spacial score (nSPS) is 15.4. The van der Waals surface area contributed by atoms with Crippen LogP contribution in [0, 0.1) is 3.57 Å². The number of fused-ring (bicyclic) bond motifs is 1. The van der Waals surface area contributed by atoms with Crippen molar-refractivity contribution in [3.05, 3.63) is 88.1 Å². The molecule has 1 aliphatic rings. The predicted octanol–water partition coefficient (Wildman–Crippen LogP) is 4.20. The van der Waals surface area contributed by atoms with Crippen LogP contribution in [0.1, 0.15) is 43.9 Å². The van der Waals surface area contributed by atoms with Crippen LogP contribution in [0.25, 0.3) is 6.08 Å². The Morgan fingerprint density at radius 3 is 2.56 bits per heavy atom. The molecule has 9 heteroatoms. The summed E-state index contributed by atoms with van der Waals surface area (Å²) < 4.78 is 19.5. The standard InChI is InChI=1S/C27H27IN2O5S/c1-5-9-19-23(26(32)35-6-2)24(17-10-7-8-11-20(17)33-3)30-25(31)22(36-27(30)29-19)15-16-12-13-21(34-4)18(28)14-16/h7-8,10-15,24H,5-6,9H2,1-4H3/b22-15-. The van der Waals surface area contributed by atoms with Gasteiger partial charge in [-0.2, -0.15) is 0 Å². The van der Waals surface area contributed by atoms with Crippen LogP contribution >= 0.6 is 33.9 Å². The molecule has 1 unspecified atom stereocenters. The van der Waals surface area contributed by atoms with Crippen LogP contribution in [-0.2, 0) is 9.53 Å². The van der Waals surface area contributed by atoms with Crippen molar-refractivity contribution < 1.29 is 19.0 Å². The average molecular weight is 618 g/mol. The zero-order valence-corrected chi connectivity index (χ0v) is 23.5. The molecule has 0 N–H and O–H groups in total. The minimum Gasteiger partial charge on any atom is -0.496 e. The van der Waals surface area contributed by atoms with Crippen molar-refractivity contribution in [2.75, 3.05) is 20.8 Å². The lowest BCUT2D eigenvalue weighted by molar-refractivity contribution is -0.139. The quantitative estimate of drug-likeness (QED) is 0.280. The van der Waals surface area contributed by atoms with Crippen molar-refractivity contribution >= 4 is 46.0 Å². The van der Waals surface area contributed by atoms with Crippen LogP contribution in [0.5, 0.6) is 11.5 Å². The largest absolute Gasteiger partial charge is 0.496 e. The highest BCUT2D eigenvalue weighted by Gasteiger charge is 2.35.